The molecule has 0 N–H and O–H groups in total. The largest absolute Gasteiger partial charge is 0.497 e. The van der Waals surface area contributed by atoms with E-state index < -0.39 is 17.5 Å². The van der Waals surface area contributed by atoms with Gasteiger partial charge in [0, 0.05) is 5.56 Å². The van der Waals surface area contributed by atoms with Crippen molar-refractivity contribution in [1.82, 2.24) is 0 Å². The van der Waals surface area contributed by atoms with Crippen LogP contribution in [-0.2, 0) is 9.59 Å². The van der Waals surface area contributed by atoms with Gasteiger partial charge in [-0.05, 0) is 72.6 Å². The molecule has 3 aromatic rings. The molecule has 0 aromatic heterocycles. The van der Waals surface area contributed by atoms with Crippen LogP contribution >= 0.6 is 0 Å². The standard InChI is InChI=1S/C26H21NO5/c1-16-6-4-5-7-21(16)27-23(17-8-12-19(31-2)13-9-17)22(25(29)26(27)30)24(28)18-10-14-20(32-3)15-11-18/h4-15H,1-3H3. The van der Waals surface area contributed by atoms with Crippen molar-refractivity contribution >= 4 is 28.9 Å². The number of benzene rings is 3. The van der Waals surface area contributed by atoms with E-state index in [2.05, 4.69) is 0 Å². The number of hydrogen-bond donors (Lipinski definition) is 0. The van der Waals surface area contributed by atoms with E-state index in [1.807, 2.05) is 19.1 Å². The number of hydrogen-bond acceptors (Lipinski definition) is 5. The first-order valence-corrected chi connectivity index (χ1v) is 9.98. The van der Waals surface area contributed by atoms with Crippen molar-refractivity contribution in [2.75, 3.05) is 19.1 Å². The van der Waals surface area contributed by atoms with E-state index in [4.69, 9.17) is 9.47 Å². The van der Waals surface area contributed by atoms with E-state index in [0.29, 0.717) is 28.3 Å². The number of ether oxygens (including phenoxy) is 2. The number of methoxy groups -OCH3 is 2. The first-order chi connectivity index (χ1) is 15.5. The fourth-order valence-electron chi connectivity index (χ4n) is 3.69. The monoisotopic (exact) mass is 427 g/mol. The fourth-order valence-corrected chi connectivity index (χ4v) is 3.69. The van der Waals surface area contributed by atoms with E-state index in [-0.39, 0.29) is 11.3 Å². The predicted octanol–water partition coefficient (Wildman–Crippen LogP) is 4.22. The highest BCUT2D eigenvalue weighted by Gasteiger charge is 2.43. The van der Waals surface area contributed by atoms with Crippen molar-refractivity contribution in [3.05, 3.63) is 95.1 Å². The van der Waals surface area contributed by atoms with Crippen molar-refractivity contribution in [3.63, 3.8) is 0 Å². The number of anilines is 1. The lowest BCUT2D eigenvalue weighted by Crippen LogP contribution is -2.29. The summed E-state index contributed by atoms with van der Waals surface area (Å²) in [5.41, 5.74) is 2.31. The molecular weight excluding hydrogens is 406 g/mol. The number of carbonyl (C=O) groups is 3. The Hall–Kier alpha value is -4.19. The molecular formula is C26H21NO5. The molecule has 0 saturated heterocycles. The number of rotatable bonds is 6. The fraction of sp³-hybridized carbons (Fsp3) is 0.115. The van der Waals surface area contributed by atoms with Crippen molar-refractivity contribution in [2.24, 2.45) is 0 Å². The smallest absolute Gasteiger partial charge is 0.304 e. The zero-order valence-corrected chi connectivity index (χ0v) is 17.9. The summed E-state index contributed by atoms with van der Waals surface area (Å²) in [7, 11) is 3.08. The quantitative estimate of drug-likeness (QED) is 0.335. The lowest BCUT2D eigenvalue weighted by atomic mass is 9.97. The molecule has 0 aliphatic carbocycles. The van der Waals surface area contributed by atoms with E-state index >= 15 is 0 Å². The molecule has 0 atom stereocenters. The Morgan fingerprint density at radius 3 is 1.91 bits per heavy atom. The molecule has 6 nitrogen and oxygen atoms in total. The average molecular weight is 427 g/mol. The van der Waals surface area contributed by atoms with Crippen molar-refractivity contribution in [2.45, 2.75) is 6.92 Å². The number of Topliss-reactive ketones (excluding diaryl/α,β-unsaturated/α-hetero) is 2. The van der Waals surface area contributed by atoms with Crippen LogP contribution in [0.15, 0.2) is 78.4 Å². The van der Waals surface area contributed by atoms with E-state index in [9.17, 15) is 14.4 Å². The predicted molar refractivity (Wildman–Crippen MR) is 121 cm³/mol. The van der Waals surface area contributed by atoms with Crippen LogP contribution < -0.4 is 14.4 Å². The van der Waals surface area contributed by atoms with Gasteiger partial charge in [0.1, 0.15) is 17.1 Å². The summed E-state index contributed by atoms with van der Waals surface area (Å²) < 4.78 is 10.4. The highest BCUT2D eigenvalue weighted by atomic mass is 16.5. The summed E-state index contributed by atoms with van der Waals surface area (Å²) in [5.74, 6) is -0.911. The van der Waals surface area contributed by atoms with Gasteiger partial charge < -0.3 is 9.47 Å². The molecule has 0 spiro atoms. The summed E-state index contributed by atoms with van der Waals surface area (Å²) in [5, 5.41) is 0. The van der Waals surface area contributed by atoms with E-state index in [0.717, 1.165) is 5.56 Å². The van der Waals surface area contributed by atoms with E-state index in [1.165, 1.54) is 12.0 Å². The van der Waals surface area contributed by atoms with Gasteiger partial charge >= 0.3 is 5.91 Å². The van der Waals surface area contributed by atoms with Gasteiger partial charge in [-0.2, -0.15) is 0 Å². The van der Waals surface area contributed by atoms with Crippen LogP contribution in [0, 0.1) is 6.92 Å². The van der Waals surface area contributed by atoms with Gasteiger partial charge in [-0.25, -0.2) is 0 Å². The highest BCUT2D eigenvalue weighted by Crippen LogP contribution is 2.38. The molecule has 0 saturated carbocycles. The minimum atomic E-state index is -0.833. The molecule has 32 heavy (non-hydrogen) atoms. The first kappa shape index (κ1) is 21.1. The number of carbonyl (C=O) groups excluding carboxylic acids is 3. The second-order valence-corrected chi connectivity index (χ2v) is 7.27. The molecule has 1 amide bonds. The summed E-state index contributed by atoms with van der Waals surface area (Å²) in [6.07, 6.45) is 0. The maximum absolute atomic E-state index is 13.4. The topological polar surface area (TPSA) is 72.9 Å². The molecule has 6 heteroatoms. The minimum Gasteiger partial charge on any atom is -0.497 e. The third kappa shape index (κ3) is 3.56. The van der Waals surface area contributed by atoms with Crippen LogP contribution in [0.4, 0.5) is 5.69 Å². The van der Waals surface area contributed by atoms with Crippen LogP contribution in [0.5, 0.6) is 11.5 Å². The Balaban J connectivity index is 1.93. The number of amides is 1. The molecule has 0 unspecified atom stereocenters. The molecule has 1 aliphatic heterocycles. The summed E-state index contributed by atoms with van der Waals surface area (Å²) >= 11 is 0. The summed E-state index contributed by atoms with van der Waals surface area (Å²) in [6, 6.07) is 20.6. The summed E-state index contributed by atoms with van der Waals surface area (Å²) in [4.78, 5) is 41.1. The van der Waals surface area contributed by atoms with Gasteiger partial charge in [0.2, 0.25) is 0 Å². The number of aryl methyl sites for hydroxylation is 1. The van der Waals surface area contributed by atoms with Crippen molar-refractivity contribution in [1.29, 1.82) is 0 Å². The van der Waals surface area contributed by atoms with Crippen LogP contribution in [0.3, 0.4) is 0 Å². The third-order valence-electron chi connectivity index (χ3n) is 5.38. The highest BCUT2D eigenvalue weighted by molar-refractivity contribution is 6.61. The molecule has 0 fully saturated rings. The van der Waals surface area contributed by atoms with Crippen LogP contribution in [-0.4, -0.2) is 31.7 Å². The zero-order valence-electron chi connectivity index (χ0n) is 17.9. The van der Waals surface area contributed by atoms with Crippen molar-refractivity contribution < 1.29 is 23.9 Å². The molecule has 4 rings (SSSR count). The van der Waals surface area contributed by atoms with Crippen molar-refractivity contribution in [3.8, 4) is 11.5 Å². The van der Waals surface area contributed by atoms with E-state index in [1.54, 1.807) is 67.8 Å². The average Bonchev–Trinajstić information content (AvgIpc) is 3.09. The van der Waals surface area contributed by atoms with Crippen LogP contribution in [0.2, 0.25) is 0 Å². The molecule has 160 valence electrons. The van der Waals surface area contributed by atoms with Gasteiger partial charge in [-0.1, -0.05) is 18.2 Å². The normalized spacial score (nSPS) is 13.5. The lowest BCUT2D eigenvalue weighted by molar-refractivity contribution is -0.132. The van der Waals surface area contributed by atoms with Gasteiger partial charge in [-0.15, -0.1) is 0 Å². The molecule has 1 heterocycles. The molecule has 0 bridgehead atoms. The number of para-hydroxylation sites is 1. The summed E-state index contributed by atoms with van der Waals surface area (Å²) in [6.45, 7) is 1.85. The number of nitrogens with zero attached hydrogens (tertiary/aromatic N) is 1. The molecule has 3 aromatic carbocycles. The van der Waals surface area contributed by atoms with Gasteiger partial charge in [0.15, 0.2) is 5.78 Å². The zero-order chi connectivity index (χ0) is 22.8. The Morgan fingerprint density at radius 2 is 1.34 bits per heavy atom. The minimum absolute atomic E-state index is 0.159. The van der Waals surface area contributed by atoms with Crippen LogP contribution in [0.1, 0.15) is 21.5 Å². The van der Waals surface area contributed by atoms with Crippen LogP contribution in [0.25, 0.3) is 5.70 Å². The van der Waals surface area contributed by atoms with Gasteiger partial charge in [-0.3, -0.25) is 19.3 Å². The Kier molecular flexibility index (Phi) is 5.60. The number of ketones is 2. The molecule has 0 radical (unpaired) electrons. The lowest BCUT2D eigenvalue weighted by Gasteiger charge is -2.22. The Morgan fingerprint density at radius 1 is 0.781 bits per heavy atom. The molecule has 1 aliphatic rings. The Labute approximate surface area is 185 Å². The maximum atomic E-state index is 13.4. The SMILES string of the molecule is COc1ccc(C(=O)C2=C(c3ccc(OC)cc3)N(c3ccccc3C)C(=O)C2=O)cc1. The Bertz CT molecular complexity index is 1240. The first-order valence-electron chi connectivity index (χ1n) is 9.98. The van der Waals surface area contributed by atoms with Gasteiger partial charge in [0.25, 0.3) is 5.78 Å². The third-order valence-corrected chi connectivity index (χ3v) is 5.38. The second-order valence-electron chi connectivity index (χ2n) is 7.27. The van der Waals surface area contributed by atoms with Gasteiger partial charge in [0.05, 0.1) is 25.6 Å². The maximum Gasteiger partial charge on any atom is 0.304 e. The second kappa shape index (κ2) is 8.51.